The molecule has 0 aliphatic carbocycles. The Morgan fingerprint density at radius 3 is 2.37 bits per heavy atom. The van der Waals surface area contributed by atoms with Crippen LogP contribution in [0.25, 0.3) is 10.2 Å². The van der Waals surface area contributed by atoms with Crippen LogP contribution in [0.4, 0.5) is 0 Å². The van der Waals surface area contributed by atoms with Gasteiger partial charge in [0.2, 0.25) is 0 Å². The van der Waals surface area contributed by atoms with Gasteiger partial charge in [0.1, 0.15) is 10.5 Å². The number of H-pyrrole nitrogens is 2. The Hall–Kier alpha value is -2.74. The Balaban J connectivity index is 1.92. The number of ether oxygens (including phenoxy) is 1. The first kappa shape index (κ1) is 19.0. The molecule has 0 saturated heterocycles. The Labute approximate surface area is 159 Å². The van der Waals surface area contributed by atoms with Gasteiger partial charge in [-0.2, -0.15) is 0 Å². The van der Waals surface area contributed by atoms with Gasteiger partial charge in [0.05, 0.1) is 5.39 Å². The summed E-state index contributed by atoms with van der Waals surface area (Å²) in [4.78, 5) is 48.4. The molecule has 0 amide bonds. The van der Waals surface area contributed by atoms with E-state index in [2.05, 4.69) is 15.0 Å². The van der Waals surface area contributed by atoms with E-state index in [1.807, 2.05) is 13.8 Å². The molecule has 3 rings (SSSR count). The molecule has 7 nitrogen and oxygen atoms in total. The molecule has 27 heavy (non-hydrogen) atoms. The summed E-state index contributed by atoms with van der Waals surface area (Å²) in [5.74, 6) is -0.431. The molecule has 0 radical (unpaired) electrons. The first-order valence-corrected chi connectivity index (χ1v) is 9.34. The van der Waals surface area contributed by atoms with E-state index >= 15 is 0 Å². The zero-order valence-corrected chi connectivity index (χ0v) is 16.9. The molecule has 0 bridgehead atoms. The molecule has 0 saturated carbocycles. The van der Waals surface area contributed by atoms with Crippen LogP contribution in [-0.4, -0.2) is 26.7 Å². The molecular formula is C19H21N3O4S. The van der Waals surface area contributed by atoms with Crippen molar-refractivity contribution in [3.05, 3.63) is 49.1 Å². The van der Waals surface area contributed by atoms with Crippen molar-refractivity contribution in [1.29, 1.82) is 0 Å². The van der Waals surface area contributed by atoms with Crippen LogP contribution in [0.15, 0.2) is 4.79 Å². The average molecular weight is 387 g/mol. The number of ketones is 1. The molecule has 3 heterocycles. The highest BCUT2D eigenvalue weighted by Gasteiger charge is 2.24. The number of rotatable bonds is 4. The normalized spacial score (nSPS) is 12.4. The third kappa shape index (κ3) is 3.21. The molecule has 0 fully saturated rings. The summed E-state index contributed by atoms with van der Waals surface area (Å²) >= 11 is 1.44. The predicted molar refractivity (Wildman–Crippen MR) is 104 cm³/mol. The maximum atomic E-state index is 12.6. The number of thiophene rings is 1. The summed E-state index contributed by atoms with van der Waals surface area (Å²) in [5.41, 5.74) is 2.57. The summed E-state index contributed by atoms with van der Waals surface area (Å²) < 4.78 is 5.48. The number of fused-ring (bicyclic) bond motifs is 1. The largest absolute Gasteiger partial charge is 0.450 e. The number of carbonyl (C=O) groups is 2. The Kier molecular flexibility index (Phi) is 4.77. The van der Waals surface area contributed by atoms with Crippen molar-refractivity contribution in [3.8, 4) is 0 Å². The van der Waals surface area contributed by atoms with E-state index in [9.17, 15) is 14.4 Å². The lowest BCUT2D eigenvalue weighted by atomic mass is 10.1. The quantitative estimate of drug-likeness (QED) is 0.525. The van der Waals surface area contributed by atoms with Gasteiger partial charge in [-0.15, -0.1) is 11.3 Å². The van der Waals surface area contributed by atoms with Gasteiger partial charge in [-0.1, -0.05) is 0 Å². The fourth-order valence-electron chi connectivity index (χ4n) is 3.22. The van der Waals surface area contributed by atoms with Gasteiger partial charge in [-0.05, 0) is 52.7 Å². The lowest BCUT2D eigenvalue weighted by Gasteiger charge is -2.12. The molecule has 3 aromatic rings. The maximum absolute atomic E-state index is 12.6. The molecule has 3 aromatic heterocycles. The van der Waals surface area contributed by atoms with Gasteiger partial charge in [0.15, 0.2) is 17.7 Å². The number of hydrogen-bond donors (Lipinski definition) is 2. The lowest BCUT2D eigenvalue weighted by Crippen LogP contribution is -2.17. The molecule has 1 atom stereocenters. The number of hydrogen-bond acceptors (Lipinski definition) is 6. The van der Waals surface area contributed by atoms with Crippen LogP contribution in [0.2, 0.25) is 0 Å². The second-order valence-electron chi connectivity index (χ2n) is 6.64. The van der Waals surface area contributed by atoms with Gasteiger partial charge in [-0.3, -0.25) is 9.59 Å². The molecule has 0 aromatic carbocycles. The zero-order valence-electron chi connectivity index (χ0n) is 16.1. The van der Waals surface area contributed by atoms with Crippen LogP contribution in [0, 0.1) is 27.7 Å². The van der Waals surface area contributed by atoms with Crippen molar-refractivity contribution >= 4 is 33.3 Å². The van der Waals surface area contributed by atoms with Crippen LogP contribution >= 0.6 is 11.3 Å². The Morgan fingerprint density at radius 2 is 1.78 bits per heavy atom. The van der Waals surface area contributed by atoms with E-state index in [1.54, 1.807) is 20.8 Å². The van der Waals surface area contributed by atoms with Crippen molar-refractivity contribution in [2.45, 2.75) is 47.6 Å². The number of aromatic amines is 2. The number of nitrogens with one attached hydrogen (secondary N) is 2. The minimum Gasteiger partial charge on any atom is -0.450 e. The fraction of sp³-hybridized carbons (Fsp3) is 0.368. The van der Waals surface area contributed by atoms with Crippen LogP contribution in [0.1, 0.15) is 68.3 Å². The average Bonchev–Trinajstić information content (AvgIpc) is 3.03. The molecule has 2 N–H and O–H groups in total. The number of esters is 1. The Morgan fingerprint density at radius 1 is 1.11 bits per heavy atom. The van der Waals surface area contributed by atoms with Gasteiger partial charge < -0.3 is 14.7 Å². The van der Waals surface area contributed by atoms with Crippen molar-refractivity contribution in [1.82, 2.24) is 15.0 Å². The Bertz CT molecular complexity index is 1140. The first-order valence-electron chi connectivity index (χ1n) is 8.52. The van der Waals surface area contributed by atoms with Crippen LogP contribution in [-0.2, 0) is 4.74 Å². The molecule has 8 heteroatoms. The first-order chi connectivity index (χ1) is 12.6. The third-order valence-corrected chi connectivity index (χ3v) is 5.82. The second-order valence-corrected chi connectivity index (χ2v) is 7.85. The highest BCUT2D eigenvalue weighted by atomic mass is 32.1. The van der Waals surface area contributed by atoms with Gasteiger partial charge in [-0.25, -0.2) is 9.78 Å². The van der Waals surface area contributed by atoms with Gasteiger partial charge in [0, 0.05) is 16.1 Å². The van der Waals surface area contributed by atoms with Crippen LogP contribution in [0.3, 0.4) is 0 Å². The number of nitrogens with zero attached hydrogens (tertiary/aromatic N) is 1. The topological polar surface area (TPSA) is 105 Å². The molecule has 0 aliphatic heterocycles. The second kappa shape index (κ2) is 6.77. The van der Waals surface area contributed by atoms with E-state index in [4.69, 9.17) is 4.74 Å². The molecule has 0 spiro atoms. The summed E-state index contributed by atoms with van der Waals surface area (Å²) in [7, 11) is 0. The summed E-state index contributed by atoms with van der Waals surface area (Å²) in [6.07, 6.45) is -0.749. The SMILES string of the molecule is CC(=O)c1c(C)[nH]c(C(=O)O[C@H](C)c2nc3sc(C)c(C)c3c(=O)[nH]2)c1C. The van der Waals surface area contributed by atoms with E-state index < -0.39 is 12.1 Å². The molecule has 142 valence electrons. The minimum absolute atomic E-state index is 0.117. The molecule has 0 unspecified atom stereocenters. The number of aryl methyl sites for hydroxylation is 3. The summed E-state index contributed by atoms with van der Waals surface area (Å²) in [5, 5.41) is 0.571. The predicted octanol–water partition coefficient (Wildman–Crippen LogP) is 3.67. The maximum Gasteiger partial charge on any atom is 0.355 e. The zero-order chi connectivity index (χ0) is 20.0. The number of carbonyl (C=O) groups excluding carboxylic acids is 2. The van der Waals surface area contributed by atoms with Gasteiger partial charge >= 0.3 is 5.97 Å². The minimum atomic E-state index is -0.749. The summed E-state index contributed by atoms with van der Waals surface area (Å²) in [6.45, 7) is 10.4. The monoisotopic (exact) mass is 387 g/mol. The molecular weight excluding hydrogens is 366 g/mol. The van der Waals surface area contributed by atoms with Crippen LogP contribution < -0.4 is 5.56 Å². The lowest BCUT2D eigenvalue weighted by molar-refractivity contribution is 0.0313. The van der Waals surface area contributed by atoms with Crippen molar-refractivity contribution in [2.75, 3.05) is 0 Å². The standard InChI is InChI=1S/C19H21N3O4S/c1-7-12(6)27-18-14(7)17(24)21-16(22-18)11(5)26-19(25)15-8(2)13(10(4)23)9(3)20-15/h11,20H,1-6H3,(H,21,22,24)/t11-/m1/s1. The third-order valence-electron chi connectivity index (χ3n) is 4.72. The van der Waals surface area contributed by atoms with E-state index in [0.717, 1.165) is 10.4 Å². The van der Waals surface area contributed by atoms with Crippen molar-refractivity contribution < 1.29 is 14.3 Å². The smallest absolute Gasteiger partial charge is 0.355 e. The van der Waals surface area contributed by atoms with Crippen LogP contribution in [0.5, 0.6) is 0 Å². The highest BCUT2D eigenvalue weighted by Crippen LogP contribution is 2.27. The van der Waals surface area contributed by atoms with E-state index in [-0.39, 0.29) is 22.9 Å². The summed E-state index contributed by atoms with van der Waals surface area (Å²) in [6, 6.07) is 0. The fourth-order valence-corrected chi connectivity index (χ4v) is 4.26. The number of aromatic nitrogens is 3. The van der Waals surface area contributed by atoms with Gasteiger partial charge in [0.25, 0.3) is 5.56 Å². The van der Waals surface area contributed by atoms with E-state index in [1.165, 1.54) is 18.3 Å². The van der Waals surface area contributed by atoms with Crippen molar-refractivity contribution in [3.63, 3.8) is 0 Å². The highest BCUT2D eigenvalue weighted by molar-refractivity contribution is 7.18. The van der Waals surface area contributed by atoms with Crippen molar-refractivity contribution in [2.24, 2.45) is 0 Å². The van der Waals surface area contributed by atoms with E-state index in [0.29, 0.717) is 27.0 Å². The number of Topliss-reactive ketones (excluding diaryl/α,β-unsaturated/α-hetero) is 1. The molecule has 0 aliphatic rings.